The van der Waals surface area contributed by atoms with Gasteiger partial charge in [-0.25, -0.2) is 8.42 Å². The van der Waals surface area contributed by atoms with E-state index in [0.29, 0.717) is 10.7 Å². The normalized spacial score (nSPS) is 11.5. The summed E-state index contributed by atoms with van der Waals surface area (Å²) in [6, 6.07) is 7.15. The van der Waals surface area contributed by atoms with Gasteiger partial charge in [0.15, 0.2) is 4.34 Å². The highest BCUT2D eigenvalue weighted by Crippen LogP contribution is 2.26. The zero-order valence-electron chi connectivity index (χ0n) is 10.5. The third-order valence-corrected chi connectivity index (χ3v) is 5.92. The van der Waals surface area contributed by atoms with Crippen LogP contribution in [0.2, 0.25) is 0 Å². The number of rotatable bonds is 6. The smallest absolute Gasteiger partial charge is 0.238 e. The minimum absolute atomic E-state index is 0.0872. The zero-order valence-corrected chi connectivity index (χ0v) is 14.6. The maximum Gasteiger partial charge on any atom is 0.238 e. The summed E-state index contributed by atoms with van der Waals surface area (Å²) in [5, 5.41) is 8.04. The largest absolute Gasteiger partial charge is 0.257 e. The minimum atomic E-state index is -3.47. The average molecular weight is 394 g/mol. The Balaban J connectivity index is 2.04. The van der Waals surface area contributed by atoms with Gasteiger partial charge in [0.1, 0.15) is 0 Å². The van der Waals surface area contributed by atoms with E-state index in [2.05, 4.69) is 30.8 Å². The Labute approximate surface area is 134 Å². The van der Waals surface area contributed by atoms with Crippen LogP contribution >= 0.6 is 39.0 Å². The van der Waals surface area contributed by atoms with Crippen molar-refractivity contribution in [2.24, 2.45) is 0 Å². The highest BCUT2D eigenvalue weighted by atomic mass is 79.9. The number of nitrogens with one attached hydrogen (secondary N) is 1. The topological polar surface area (TPSA) is 72.0 Å². The van der Waals surface area contributed by atoms with Crippen molar-refractivity contribution >= 4 is 54.2 Å². The molecule has 0 aliphatic rings. The molecule has 1 aromatic heterocycles. The van der Waals surface area contributed by atoms with E-state index in [1.807, 2.05) is 19.1 Å². The van der Waals surface area contributed by atoms with E-state index in [1.165, 1.54) is 23.1 Å². The van der Waals surface area contributed by atoms with Gasteiger partial charge in [-0.3, -0.25) is 4.72 Å². The summed E-state index contributed by atoms with van der Waals surface area (Å²) in [7, 11) is -3.47. The van der Waals surface area contributed by atoms with Crippen molar-refractivity contribution in [1.82, 2.24) is 10.2 Å². The molecule has 0 unspecified atom stereocenters. The van der Waals surface area contributed by atoms with Crippen molar-refractivity contribution in [3.63, 3.8) is 0 Å². The SMILES string of the molecule is CCSc1nnc(NS(=O)(=O)Cc2ccc(Br)cc2)s1. The van der Waals surface area contributed by atoms with Crippen LogP contribution in [-0.2, 0) is 15.8 Å². The number of anilines is 1. The fourth-order valence-electron chi connectivity index (χ4n) is 1.40. The number of hydrogen-bond donors (Lipinski definition) is 1. The lowest BCUT2D eigenvalue weighted by Crippen LogP contribution is -2.14. The molecule has 9 heteroatoms. The third kappa shape index (κ3) is 4.72. The molecule has 0 amide bonds. The van der Waals surface area contributed by atoms with Crippen molar-refractivity contribution in [2.45, 2.75) is 17.0 Å². The number of thioether (sulfide) groups is 1. The van der Waals surface area contributed by atoms with E-state index in [1.54, 1.807) is 12.1 Å². The van der Waals surface area contributed by atoms with Crippen molar-refractivity contribution in [1.29, 1.82) is 0 Å². The molecule has 5 nitrogen and oxygen atoms in total. The summed E-state index contributed by atoms with van der Waals surface area (Å²) in [5.74, 6) is 0.788. The van der Waals surface area contributed by atoms with Crippen molar-refractivity contribution < 1.29 is 8.42 Å². The van der Waals surface area contributed by atoms with Crippen LogP contribution in [0.4, 0.5) is 5.13 Å². The van der Waals surface area contributed by atoms with Crippen LogP contribution in [0.25, 0.3) is 0 Å². The van der Waals surface area contributed by atoms with Gasteiger partial charge in [0.2, 0.25) is 15.2 Å². The van der Waals surface area contributed by atoms with Gasteiger partial charge in [-0.05, 0) is 23.4 Å². The summed E-state index contributed by atoms with van der Waals surface area (Å²) in [4.78, 5) is 0. The Morgan fingerprint density at radius 3 is 2.65 bits per heavy atom. The fraction of sp³-hybridized carbons (Fsp3) is 0.273. The first-order chi connectivity index (χ1) is 9.48. The molecular weight excluding hydrogens is 382 g/mol. The van der Waals surface area contributed by atoms with Gasteiger partial charge < -0.3 is 0 Å². The van der Waals surface area contributed by atoms with E-state index in [9.17, 15) is 8.42 Å². The lowest BCUT2D eigenvalue weighted by atomic mass is 10.2. The standard InChI is InChI=1S/C11H12BrN3O2S3/c1-2-18-11-14-13-10(19-11)15-20(16,17)7-8-3-5-9(12)6-4-8/h3-6H,2,7H2,1H3,(H,13,15). The number of benzene rings is 1. The molecule has 0 fully saturated rings. The molecule has 108 valence electrons. The Morgan fingerprint density at radius 2 is 2.00 bits per heavy atom. The van der Waals surface area contributed by atoms with E-state index >= 15 is 0 Å². The van der Waals surface area contributed by atoms with Crippen molar-refractivity contribution in [3.8, 4) is 0 Å². The number of sulfonamides is 1. The second-order valence-electron chi connectivity index (χ2n) is 3.79. The maximum atomic E-state index is 12.0. The molecule has 0 spiro atoms. The second kappa shape index (κ2) is 6.88. The van der Waals surface area contributed by atoms with Crippen molar-refractivity contribution in [2.75, 3.05) is 10.5 Å². The minimum Gasteiger partial charge on any atom is -0.257 e. The van der Waals surface area contributed by atoms with Crippen molar-refractivity contribution in [3.05, 3.63) is 34.3 Å². The van der Waals surface area contributed by atoms with Crippen LogP contribution in [0, 0.1) is 0 Å². The molecule has 20 heavy (non-hydrogen) atoms. The number of halogens is 1. The molecule has 1 heterocycles. The fourth-order valence-corrected chi connectivity index (χ4v) is 4.72. The summed E-state index contributed by atoms with van der Waals surface area (Å²) in [5.41, 5.74) is 0.716. The van der Waals surface area contributed by atoms with Gasteiger partial charge >= 0.3 is 0 Å². The number of hydrogen-bond acceptors (Lipinski definition) is 6. The molecule has 1 N–H and O–H groups in total. The van der Waals surface area contributed by atoms with Crippen LogP contribution in [0.5, 0.6) is 0 Å². The van der Waals surface area contributed by atoms with Gasteiger partial charge in [-0.15, -0.1) is 10.2 Å². The summed E-state index contributed by atoms with van der Waals surface area (Å²) in [6.07, 6.45) is 0. The Morgan fingerprint density at radius 1 is 1.30 bits per heavy atom. The Kier molecular flexibility index (Phi) is 5.42. The quantitative estimate of drug-likeness (QED) is 0.761. The average Bonchev–Trinajstić information content (AvgIpc) is 2.79. The first kappa shape index (κ1) is 15.7. The molecule has 0 aliphatic carbocycles. The van der Waals surface area contributed by atoms with Crippen LogP contribution in [-0.4, -0.2) is 24.4 Å². The lowest BCUT2D eigenvalue weighted by molar-refractivity contribution is 0.600. The maximum absolute atomic E-state index is 12.0. The molecule has 0 radical (unpaired) electrons. The van der Waals surface area contributed by atoms with Gasteiger partial charge in [0.05, 0.1) is 5.75 Å². The van der Waals surface area contributed by atoms with Gasteiger partial charge in [-0.1, -0.05) is 58.1 Å². The van der Waals surface area contributed by atoms with Crippen LogP contribution < -0.4 is 4.72 Å². The summed E-state index contributed by atoms with van der Waals surface area (Å²) >= 11 is 6.09. The zero-order chi connectivity index (χ0) is 14.6. The van der Waals surface area contributed by atoms with E-state index in [4.69, 9.17) is 0 Å². The second-order valence-corrected chi connectivity index (χ2v) is 8.92. The van der Waals surface area contributed by atoms with Crippen LogP contribution in [0.1, 0.15) is 12.5 Å². The predicted molar refractivity (Wildman–Crippen MR) is 86.7 cm³/mol. The highest BCUT2D eigenvalue weighted by molar-refractivity contribution is 9.10. The molecule has 1 aromatic carbocycles. The Bertz CT molecular complexity index is 670. The third-order valence-electron chi connectivity index (χ3n) is 2.19. The van der Waals surface area contributed by atoms with Gasteiger partial charge in [0, 0.05) is 4.47 Å². The molecule has 2 aromatic rings. The van der Waals surface area contributed by atoms with Crippen LogP contribution in [0.3, 0.4) is 0 Å². The first-order valence-corrected chi connectivity index (χ1v) is 9.94. The molecule has 0 aliphatic heterocycles. The van der Waals surface area contributed by atoms with E-state index in [0.717, 1.165) is 14.6 Å². The molecule has 0 saturated carbocycles. The first-order valence-electron chi connectivity index (χ1n) is 5.70. The number of nitrogens with zero attached hydrogens (tertiary/aromatic N) is 2. The monoisotopic (exact) mass is 393 g/mol. The molecule has 0 saturated heterocycles. The lowest BCUT2D eigenvalue weighted by Gasteiger charge is -2.04. The Hall–Kier alpha value is -0.640. The van der Waals surface area contributed by atoms with E-state index in [-0.39, 0.29) is 5.75 Å². The predicted octanol–water partition coefficient (Wildman–Crippen LogP) is 3.35. The van der Waals surface area contributed by atoms with Gasteiger partial charge in [0.25, 0.3) is 0 Å². The molecule has 0 bridgehead atoms. The van der Waals surface area contributed by atoms with Gasteiger partial charge in [-0.2, -0.15) is 0 Å². The summed E-state index contributed by atoms with van der Waals surface area (Å²) in [6.45, 7) is 2.00. The highest BCUT2D eigenvalue weighted by Gasteiger charge is 2.15. The van der Waals surface area contributed by atoms with E-state index < -0.39 is 10.0 Å². The molecule has 2 rings (SSSR count). The number of aromatic nitrogens is 2. The molecular formula is C11H12BrN3O2S3. The summed E-state index contributed by atoms with van der Waals surface area (Å²) < 4.78 is 28.2. The van der Waals surface area contributed by atoms with Crippen LogP contribution in [0.15, 0.2) is 33.1 Å². The molecule has 0 atom stereocenters.